The first-order valence-electron chi connectivity index (χ1n) is 5.76. The quantitative estimate of drug-likeness (QED) is 0.395. The van der Waals surface area contributed by atoms with Crippen molar-refractivity contribution in [2.75, 3.05) is 6.61 Å². The van der Waals surface area contributed by atoms with Gasteiger partial charge in [-0.05, 0) is 25.1 Å². The SMILES string of the molecule is CCCCCOC(=O)O[Si](C)(C)C(C)C. The van der Waals surface area contributed by atoms with Crippen LogP contribution in [0.15, 0.2) is 0 Å². The summed E-state index contributed by atoms with van der Waals surface area (Å²) >= 11 is 0. The highest BCUT2D eigenvalue weighted by atomic mass is 28.4. The molecule has 15 heavy (non-hydrogen) atoms. The smallest absolute Gasteiger partial charge is 0.489 e. The zero-order valence-corrected chi connectivity index (χ0v) is 11.6. The maximum absolute atomic E-state index is 11.3. The largest absolute Gasteiger partial charge is 0.494 e. The molecule has 0 aliphatic heterocycles. The molecule has 0 heterocycles. The van der Waals surface area contributed by atoms with Crippen LogP contribution in [-0.4, -0.2) is 21.1 Å². The van der Waals surface area contributed by atoms with Crippen LogP contribution in [0.2, 0.25) is 18.6 Å². The van der Waals surface area contributed by atoms with E-state index >= 15 is 0 Å². The predicted molar refractivity (Wildman–Crippen MR) is 64.5 cm³/mol. The second kappa shape index (κ2) is 6.88. The fourth-order valence-corrected chi connectivity index (χ4v) is 1.59. The van der Waals surface area contributed by atoms with Crippen molar-refractivity contribution >= 4 is 14.5 Å². The Hall–Kier alpha value is -0.513. The molecule has 0 saturated heterocycles. The van der Waals surface area contributed by atoms with E-state index in [1.807, 2.05) is 13.1 Å². The molecule has 0 aromatic rings. The van der Waals surface area contributed by atoms with Gasteiger partial charge in [-0.15, -0.1) is 0 Å². The van der Waals surface area contributed by atoms with Gasteiger partial charge in [0.05, 0.1) is 6.61 Å². The lowest BCUT2D eigenvalue weighted by Crippen LogP contribution is -2.36. The molecule has 0 aromatic heterocycles. The molecule has 0 aliphatic carbocycles. The molecule has 3 nitrogen and oxygen atoms in total. The van der Waals surface area contributed by atoms with E-state index in [9.17, 15) is 4.79 Å². The zero-order chi connectivity index (χ0) is 11.9. The summed E-state index contributed by atoms with van der Waals surface area (Å²) in [6, 6.07) is 0. The fourth-order valence-electron chi connectivity index (χ4n) is 0.870. The van der Waals surface area contributed by atoms with E-state index in [1.54, 1.807) is 0 Å². The molecule has 0 fully saturated rings. The first kappa shape index (κ1) is 14.5. The second-order valence-electron chi connectivity index (χ2n) is 4.67. The van der Waals surface area contributed by atoms with E-state index in [-0.39, 0.29) is 0 Å². The van der Waals surface area contributed by atoms with Crippen LogP contribution >= 0.6 is 0 Å². The predicted octanol–water partition coefficient (Wildman–Crippen LogP) is 3.94. The minimum Gasteiger partial charge on any atom is -0.489 e. The number of rotatable bonds is 6. The van der Waals surface area contributed by atoms with Gasteiger partial charge in [0.15, 0.2) is 0 Å². The summed E-state index contributed by atoms with van der Waals surface area (Å²) in [5.41, 5.74) is 0.417. The third kappa shape index (κ3) is 6.55. The van der Waals surface area contributed by atoms with Crippen molar-refractivity contribution in [2.24, 2.45) is 0 Å². The van der Waals surface area contributed by atoms with Gasteiger partial charge in [-0.25, -0.2) is 4.79 Å². The highest BCUT2D eigenvalue weighted by Crippen LogP contribution is 2.21. The highest BCUT2D eigenvalue weighted by Gasteiger charge is 2.31. The van der Waals surface area contributed by atoms with Crippen LogP contribution in [0.1, 0.15) is 40.0 Å². The van der Waals surface area contributed by atoms with Crippen LogP contribution in [0.5, 0.6) is 0 Å². The van der Waals surface area contributed by atoms with Crippen LogP contribution in [0.4, 0.5) is 4.79 Å². The molecular weight excluding hydrogens is 208 g/mol. The molecule has 90 valence electrons. The van der Waals surface area contributed by atoms with Gasteiger partial charge in [-0.2, -0.15) is 0 Å². The molecule has 0 saturated carbocycles. The van der Waals surface area contributed by atoms with Gasteiger partial charge >= 0.3 is 6.16 Å². The lowest BCUT2D eigenvalue weighted by molar-refractivity contribution is 0.0942. The van der Waals surface area contributed by atoms with E-state index in [0.29, 0.717) is 12.1 Å². The maximum atomic E-state index is 11.3. The van der Waals surface area contributed by atoms with E-state index in [4.69, 9.17) is 9.16 Å². The molecule has 0 amide bonds. The Morgan fingerprint density at radius 3 is 2.33 bits per heavy atom. The van der Waals surface area contributed by atoms with Gasteiger partial charge in [0, 0.05) is 0 Å². The Morgan fingerprint density at radius 1 is 1.27 bits per heavy atom. The molecule has 0 bridgehead atoms. The Morgan fingerprint density at radius 2 is 1.87 bits per heavy atom. The number of hydrogen-bond acceptors (Lipinski definition) is 3. The lowest BCUT2D eigenvalue weighted by atomic mass is 10.3. The third-order valence-corrected chi connectivity index (χ3v) is 6.18. The van der Waals surface area contributed by atoms with Gasteiger partial charge in [0.25, 0.3) is 8.32 Å². The first-order chi connectivity index (χ1) is 6.90. The van der Waals surface area contributed by atoms with Crippen molar-refractivity contribution in [3.05, 3.63) is 0 Å². The minimum atomic E-state index is -1.89. The van der Waals surface area contributed by atoms with E-state index in [1.165, 1.54) is 0 Å². The standard InChI is InChI=1S/C11H24O3Si/c1-6-7-8-9-13-11(12)14-15(4,5)10(2)3/h10H,6-9H2,1-5H3. The summed E-state index contributed by atoms with van der Waals surface area (Å²) in [6.45, 7) is 10.8. The number of ether oxygens (including phenoxy) is 1. The molecule has 0 atom stereocenters. The fraction of sp³-hybridized carbons (Fsp3) is 0.909. The Balaban J connectivity index is 3.74. The topological polar surface area (TPSA) is 35.5 Å². The normalized spacial score (nSPS) is 11.6. The Kier molecular flexibility index (Phi) is 6.64. The van der Waals surface area contributed by atoms with Crippen LogP contribution in [0.3, 0.4) is 0 Å². The molecule has 0 N–H and O–H groups in total. The van der Waals surface area contributed by atoms with Crippen LogP contribution in [0, 0.1) is 0 Å². The number of carbonyl (C=O) groups is 1. The van der Waals surface area contributed by atoms with E-state index < -0.39 is 14.5 Å². The molecule has 0 aliphatic rings. The van der Waals surface area contributed by atoms with Crippen LogP contribution < -0.4 is 0 Å². The second-order valence-corrected chi connectivity index (χ2v) is 9.23. The molecule has 0 radical (unpaired) electrons. The van der Waals surface area contributed by atoms with Gasteiger partial charge in [0.2, 0.25) is 0 Å². The van der Waals surface area contributed by atoms with Crippen molar-refractivity contribution in [3.8, 4) is 0 Å². The van der Waals surface area contributed by atoms with Crippen molar-refractivity contribution in [1.82, 2.24) is 0 Å². The zero-order valence-electron chi connectivity index (χ0n) is 10.6. The first-order valence-corrected chi connectivity index (χ1v) is 8.74. The molecule has 0 rings (SSSR count). The molecule has 0 unspecified atom stereocenters. The van der Waals surface area contributed by atoms with Gasteiger partial charge in [-0.3, -0.25) is 0 Å². The molecule has 0 spiro atoms. The lowest BCUT2D eigenvalue weighted by Gasteiger charge is -2.25. The van der Waals surface area contributed by atoms with Crippen molar-refractivity contribution in [2.45, 2.75) is 58.7 Å². The minimum absolute atomic E-state index is 0.417. The molecule has 4 heteroatoms. The van der Waals surface area contributed by atoms with Crippen LogP contribution in [-0.2, 0) is 9.16 Å². The van der Waals surface area contributed by atoms with Gasteiger partial charge < -0.3 is 9.16 Å². The average molecular weight is 232 g/mol. The van der Waals surface area contributed by atoms with Crippen molar-refractivity contribution < 1.29 is 14.0 Å². The summed E-state index contributed by atoms with van der Waals surface area (Å²) in [5, 5.41) is 0. The molecule has 0 aromatic carbocycles. The van der Waals surface area contributed by atoms with E-state index in [2.05, 4.69) is 20.8 Å². The van der Waals surface area contributed by atoms with E-state index in [0.717, 1.165) is 19.3 Å². The highest BCUT2D eigenvalue weighted by molar-refractivity contribution is 6.73. The summed E-state index contributed by atoms with van der Waals surface area (Å²) in [4.78, 5) is 11.3. The summed E-state index contributed by atoms with van der Waals surface area (Å²) in [6.07, 6.45) is 2.66. The maximum Gasteiger partial charge on any atom is 0.494 e. The number of unbranched alkanes of at least 4 members (excludes halogenated alkanes) is 2. The van der Waals surface area contributed by atoms with Gasteiger partial charge in [0.1, 0.15) is 0 Å². The number of hydrogen-bond donors (Lipinski definition) is 0. The summed E-state index contributed by atoms with van der Waals surface area (Å²) in [7, 11) is -1.89. The summed E-state index contributed by atoms with van der Waals surface area (Å²) < 4.78 is 10.4. The molecular formula is C11H24O3Si. The monoisotopic (exact) mass is 232 g/mol. The summed E-state index contributed by atoms with van der Waals surface area (Å²) in [5.74, 6) is 0. The third-order valence-electron chi connectivity index (χ3n) is 2.70. The van der Waals surface area contributed by atoms with Crippen molar-refractivity contribution in [1.29, 1.82) is 0 Å². The Labute approximate surface area is 94.3 Å². The Bertz CT molecular complexity index is 190. The van der Waals surface area contributed by atoms with Crippen LogP contribution in [0.25, 0.3) is 0 Å². The van der Waals surface area contributed by atoms with Crippen molar-refractivity contribution in [3.63, 3.8) is 0 Å². The average Bonchev–Trinajstić information content (AvgIpc) is 2.11. The number of carbonyl (C=O) groups excluding carboxylic acids is 1. The van der Waals surface area contributed by atoms with Gasteiger partial charge in [-0.1, -0.05) is 33.6 Å².